The highest BCUT2D eigenvalue weighted by Gasteiger charge is 2.15. The molecule has 0 heterocycles. The molecule has 0 saturated heterocycles. The van der Waals surface area contributed by atoms with E-state index in [0.29, 0.717) is 0 Å². The average Bonchev–Trinajstić information content (AvgIpc) is 2.38. The molecule has 3 N–H and O–H groups in total. The summed E-state index contributed by atoms with van der Waals surface area (Å²) in [5.74, 6) is -0.128. The smallest absolute Gasteiger partial charge is 0.240 e. The normalized spacial score (nSPS) is 13.0. The van der Waals surface area contributed by atoms with Crippen LogP contribution in [0.25, 0.3) is 0 Å². The third kappa shape index (κ3) is 4.59. The summed E-state index contributed by atoms with van der Waals surface area (Å²) in [6, 6.07) is 6.24. The molecule has 0 aliphatic heterocycles. The van der Waals surface area contributed by atoms with E-state index in [9.17, 15) is 13.2 Å². The molecule has 0 aliphatic rings. The Bertz CT molecular complexity index is 568. The zero-order valence-corrected chi connectivity index (χ0v) is 12.8. The first-order valence-corrected chi connectivity index (χ1v) is 7.77. The lowest BCUT2D eigenvalue weighted by molar-refractivity contribution is -0.128. The molecule has 0 fully saturated rings. The average molecular weight is 299 g/mol. The Labute approximate surface area is 120 Å². The summed E-state index contributed by atoms with van der Waals surface area (Å²) in [7, 11) is -0.358. The number of sulfonamides is 1. The van der Waals surface area contributed by atoms with Crippen molar-refractivity contribution in [2.24, 2.45) is 5.73 Å². The molecule has 1 atom stereocenters. The number of nitrogens with one attached hydrogen (secondary N) is 1. The molecular formula is C13H21N3O3S. The number of nitrogens with zero attached hydrogens (tertiary/aromatic N) is 1. The first kappa shape index (κ1) is 16.6. The molecule has 0 aromatic heterocycles. The van der Waals surface area contributed by atoms with Gasteiger partial charge in [-0.15, -0.1) is 0 Å². The zero-order chi connectivity index (χ0) is 15.3. The highest BCUT2D eigenvalue weighted by Crippen LogP contribution is 2.15. The number of carbonyl (C=O) groups excluding carboxylic acids is 1. The van der Waals surface area contributed by atoms with Crippen LogP contribution in [-0.4, -0.2) is 39.9 Å². The molecule has 0 aliphatic carbocycles. The van der Waals surface area contributed by atoms with E-state index in [-0.39, 0.29) is 29.8 Å². The fraction of sp³-hybridized carbons (Fsp3) is 0.462. The molecule has 1 aromatic carbocycles. The second kappa shape index (κ2) is 6.83. The number of carbonyl (C=O) groups is 1. The van der Waals surface area contributed by atoms with Gasteiger partial charge in [0.2, 0.25) is 15.9 Å². The van der Waals surface area contributed by atoms with E-state index < -0.39 is 10.0 Å². The summed E-state index contributed by atoms with van der Waals surface area (Å²) in [4.78, 5) is 13.0. The molecule has 1 amide bonds. The van der Waals surface area contributed by atoms with Crippen LogP contribution < -0.4 is 10.5 Å². The van der Waals surface area contributed by atoms with Crippen molar-refractivity contribution in [3.63, 3.8) is 0 Å². The lowest BCUT2D eigenvalue weighted by atomic mass is 10.1. The fourth-order valence-electron chi connectivity index (χ4n) is 1.56. The van der Waals surface area contributed by atoms with E-state index in [1.165, 1.54) is 11.0 Å². The van der Waals surface area contributed by atoms with Crippen molar-refractivity contribution in [1.29, 1.82) is 0 Å². The van der Waals surface area contributed by atoms with Gasteiger partial charge >= 0.3 is 0 Å². The van der Waals surface area contributed by atoms with Gasteiger partial charge in [-0.1, -0.05) is 12.1 Å². The van der Waals surface area contributed by atoms with Crippen molar-refractivity contribution in [3.8, 4) is 0 Å². The van der Waals surface area contributed by atoms with Crippen molar-refractivity contribution in [2.75, 3.05) is 20.6 Å². The van der Waals surface area contributed by atoms with Crippen molar-refractivity contribution in [3.05, 3.63) is 29.8 Å². The van der Waals surface area contributed by atoms with Crippen molar-refractivity contribution < 1.29 is 13.2 Å². The predicted molar refractivity (Wildman–Crippen MR) is 77.5 cm³/mol. The van der Waals surface area contributed by atoms with Gasteiger partial charge in [-0.2, -0.15) is 0 Å². The summed E-state index contributed by atoms with van der Waals surface area (Å²) < 4.78 is 26.6. The van der Waals surface area contributed by atoms with Crippen LogP contribution in [0.4, 0.5) is 0 Å². The van der Waals surface area contributed by atoms with Gasteiger partial charge in [0, 0.05) is 33.1 Å². The Morgan fingerprint density at radius 2 is 2.05 bits per heavy atom. The van der Waals surface area contributed by atoms with E-state index in [2.05, 4.69) is 4.72 Å². The lowest BCUT2D eigenvalue weighted by Crippen LogP contribution is -2.30. The molecular weight excluding hydrogens is 278 g/mol. The molecule has 112 valence electrons. The standard InChI is InChI=1S/C13H21N3O3S/c1-10(14)11-5-4-6-12(9-11)20(18,19)15-8-7-13(17)16(2)3/h4-6,9-10,15H,7-8,14H2,1-3H3. The molecule has 0 bridgehead atoms. The summed E-state index contributed by atoms with van der Waals surface area (Å²) in [6.07, 6.45) is 0.124. The third-order valence-electron chi connectivity index (χ3n) is 2.82. The van der Waals surface area contributed by atoms with E-state index in [0.717, 1.165) is 5.56 Å². The van der Waals surface area contributed by atoms with Crippen LogP contribution >= 0.6 is 0 Å². The minimum atomic E-state index is -3.61. The number of benzene rings is 1. The molecule has 1 rings (SSSR count). The monoisotopic (exact) mass is 299 g/mol. The maximum atomic E-state index is 12.1. The number of nitrogens with two attached hydrogens (primary N) is 1. The van der Waals surface area contributed by atoms with Gasteiger partial charge in [-0.25, -0.2) is 13.1 Å². The van der Waals surface area contributed by atoms with Crippen LogP contribution in [0, 0.1) is 0 Å². The second-order valence-electron chi connectivity index (χ2n) is 4.80. The van der Waals surface area contributed by atoms with Crippen LogP contribution in [0.3, 0.4) is 0 Å². The third-order valence-corrected chi connectivity index (χ3v) is 4.28. The summed E-state index contributed by atoms with van der Waals surface area (Å²) in [6.45, 7) is 1.86. The van der Waals surface area contributed by atoms with Crippen LogP contribution in [-0.2, 0) is 14.8 Å². The molecule has 0 spiro atoms. The van der Waals surface area contributed by atoms with Crippen molar-refractivity contribution >= 4 is 15.9 Å². The summed E-state index contributed by atoms with van der Waals surface area (Å²) >= 11 is 0. The topological polar surface area (TPSA) is 92.5 Å². The SMILES string of the molecule is CC(N)c1cccc(S(=O)(=O)NCCC(=O)N(C)C)c1. The Balaban J connectivity index is 2.74. The van der Waals surface area contributed by atoms with Gasteiger partial charge in [0.25, 0.3) is 0 Å². The predicted octanol–water partition coefficient (Wildman–Crippen LogP) is 0.463. The molecule has 1 unspecified atom stereocenters. The summed E-state index contributed by atoms with van der Waals surface area (Å²) in [5, 5.41) is 0. The number of amides is 1. The maximum absolute atomic E-state index is 12.1. The van der Waals surface area contributed by atoms with Crippen LogP contribution in [0.5, 0.6) is 0 Å². The number of hydrogen-bond acceptors (Lipinski definition) is 4. The van der Waals surface area contributed by atoms with Crippen molar-refractivity contribution in [1.82, 2.24) is 9.62 Å². The first-order chi connectivity index (χ1) is 9.24. The minimum absolute atomic E-state index is 0.0712. The van der Waals surface area contributed by atoms with Crippen LogP contribution in [0.1, 0.15) is 24.9 Å². The van der Waals surface area contributed by atoms with E-state index in [1.54, 1.807) is 39.2 Å². The minimum Gasteiger partial charge on any atom is -0.349 e. The van der Waals surface area contributed by atoms with E-state index >= 15 is 0 Å². The zero-order valence-electron chi connectivity index (χ0n) is 12.0. The van der Waals surface area contributed by atoms with Crippen LogP contribution in [0.15, 0.2) is 29.2 Å². The van der Waals surface area contributed by atoms with Gasteiger partial charge in [0.15, 0.2) is 0 Å². The van der Waals surface area contributed by atoms with Gasteiger partial charge in [0.05, 0.1) is 4.90 Å². The number of hydrogen-bond donors (Lipinski definition) is 2. The number of rotatable bonds is 6. The fourth-order valence-corrected chi connectivity index (χ4v) is 2.65. The highest BCUT2D eigenvalue weighted by atomic mass is 32.2. The quantitative estimate of drug-likeness (QED) is 0.798. The van der Waals surface area contributed by atoms with E-state index in [4.69, 9.17) is 5.73 Å². The molecule has 1 aromatic rings. The Hall–Kier alpha value is -1.44. The molecule has 6 nitrogen and oxygen atoms in total. The summed E-state index contributed by atoms with van der Waals surface area (Å²) in [5.41, 5.74) is 6.48. The Morgan fingerprint density at radius 1 is 1.40 bits per heavy atom. The van der Waals surface area contributed by atoms with Crippen molar-refractivity contribution in [2.45, 2.75) is 24.3 Å². The van der Waals surface area contributed by atoms with Crippen LogP contribution in [0.2, 0.25) is 0 Å². The Morgan fingerprint density at radius 3 is 2.60 bits per heavy atom. The largest absolute Gasteiger partial charge is 0.349 e. The lowest BCUT2D eigenvalue weighted by Gasteiger charge is -2.12. The molecule has 20 heavy (non-hydrogen) atoms. The van der Waals surface area contributed by atoms with Gasteiger partial charge in [0.1, 0.15) is 0 Å². The molecule has 7 heteroatoms. The van der Waals surface area contributed by atoms with Gasteiger partial charge < -0.3 is 10.6 Å². The first-order valence-electron chi connectivity index (χ1n) is 6.29. The highest BCUT2D eigenvalue weighted by molar-refractivity contribution is 7.89. The molecule has 0 radical (unpaired) electrons. The van der Waals surface area contributed by atoms with E-state index in [1.807, 2.05) is 0 Å². The maximum Gasteiger partial charge on any atom is 0.240 e. The second-order valence-corrected chi connectivity index (χ2v) is 6.56. The Kier molecular flexibility index (Phi) is 5.67. The molecule has 0 saturated carbocycles. The van der Waals surface area contributed by atoms with Gasteiger partial charge in [-0.3, -0.25) is 4.79 Å². The van der Waals surface area contributed by atoms with Gasteiger partial charge in [-0.05, 0) is 24.6 Å².